The highest BCUT2D eigenvalue weighted by atomic mass is 16.2. The Bertz CT molecular complexity index is 1550. The van der Waals surface area contributed by atoms with Gasteiger partial charge in [-0.3, -0.25) is 9.59 Å². The van der Waals surface area contributed by atoms with Gasteiger partial charge < -0.3 is 14.8 Å². The third kappa shape index (κ3) is 5.62. The molecule has 38 heavy (non-hydrogen) atoms. The van der Waals surface area contributed by atoms with Gasteiger partial charge in [0.2, 0.25) is 5.91 Å². The summed E-state index contributed by atoms with van der Waals surface area (Å²) in [5, 5.41) is 3.27. The average Bonchev–Trinajstić information content (AvgIpc) is 3.36. The van der Waals surface area contributed by atoms with Gasteiger partial charge in [0, 0.05) is 41.8 Å². The standard InChI is InChI=1S/C33H33N3O2/c1-24(2)36(33(38)28-17-16-26-12-6-7-13-27(26)20-28)23-32(37)35(22-25-10-4-3-5-11-25)19-18-29-21-34-31-15-9-8-14-30(29)31/h3-17,20-21,24,34H,18-19,22-23H2,1-2H3. The van der Waals surface area contributed by atoms with E-state index in [1.54, 1.807) is 4.90 Å². The number of fused-ring (bicyclic) bond motifs is 2. The van der Waals surface area contributed by atoms with Crippen LogP contribution in [0.25, 0.3) is 21.7 Å². The molecule has 0 saturated heterocycles. The summed E-state index contributed by atoms with van der Waals surface area (Å²) in [7, 11) is 0. The van der Waals surface area contributed by atoms with Crippen molar-refractivity contribution in [1.82, 2.24) is 14.8 Å². The fourth-order valence-electron chi connectivity index (χ4n) is 4.91. The van der Waals surface area contributed by atoms with Crippen LogP contribution in [0.2, 0.25) is 0 Å². The number of carbonyl (C=O) groups excluding carboxylic acids is 2. The van der Waals surface area contributed by atoms with Gasteiger partial charge in [-0.2, -0.15) is 0 Å². The van der Waals surface area contributed by atoms with E-state index in [9.17, 15) is 9.59 Å². The van der Waals surface area contributed by atoms with Crippen LogP contribution in [0, 0.1) is 0 Å². The monoisotopic (exact) mass is 503 g/mol. The Morgan fingerprint density at radius 1 is 0.816 bits per heavy atom. The van der Waals surface area contributed by atoms with E-state index >= 15 is 0 Å². The van der Waals surface area contributed by atoms with Crippen molar-refractivity contribution in [2.45, 2.75) is 32.9 Å². The Kier molecular flexibility index (Phi) is 7.55. The molecular formula is C33H33N3O2. The third-order valence-corrected chi connectivity index (χ3v) is 7.08. The number of hydrogen-bond donors (Lipinski definition) is 1. The Morgan fingerprint density at radius 3 is 2.32 bits per heavy atom. The zero-order chi connectivity index (χ0) is 26.5. The minimum Gasteiger partial charge on any atom is -0.361 e. The summed E-state index contributed by atoms with van der Waals surface area (Å²) in [6, 6.07) is 31.8. The molecule has 0 aliphatic heterocycles. The average molecular weight is 504 g/mol. The number of para-hydroxylation sites is 1. The molecular weight excluding hydrogens is 470 g/mol. The minimum atomic E-state index is -0.129. The van der Waals surface area contributed by atoms with Gasteiger partial charge in [0.25, 0.3) is 5.91 Å². The number of amides is 2. The van der Waals surface area contributed by atoms with E-state index in [2.05, 4.69) is 17.1 Å². The zero-order valence-corrected chi connectivity index (χ0v) is 21.9. The highest BCUT2D eigenvalue weighted by molar-refractivity contribution is 6.00. The quantitative estimate of drug-likeness (QED) is 0.252. The van der Waals surface area contributed by atoms with Gasteiger partial charge in [-0.25, -0.2) is 0 Å². The molecule has 0 bridgehead atoms. The Balaban J connectivity index is 1.36. The molecule has 4 aromatic carbocycles. The van der Waals surface area contributed by atoms with Gasteiger partial charge in [-0.1, -0.05) is 78.9 Å². The predicted molar refractivity (Wildman–Crippen MR) is 154 cm³/mol. The summed E-state index contributed by atoms with van der Waals surface area (Å²) in [6.07, 6.45) is 2.75. The smallest absolute Gasteiger partial charge is 0.254 e. The first-order valence-corrected chi connectivity index (χ1v) is 13.2. The first kappa shape index (κ1) is 25.3. The molecule has 5 aromatic rings. The molecule has 192 valence electrons. The maximum Gasteiger partial charge on any atom is 0.254 e. The summed E-state index contributed by atoms with van der Waals surface area (Å²) < 4.78 is 0. The molecule has 0 spiro atoms. The van der Waals surface area contributed by atoms with Crippen LogP contribution in [0.3, 0.4) is 0 Å². The molecule has 0 aliphatic carbocycles. The van der Waals surface area contributed by atoms with Crippen molar-refractivity contribution in [2.24, 2.45) is 0 Å². The minimum absolute atomic E-state index is 0.0318. The van der Waals surface area contributed by atoms with Crippen molar-refractivity contribution in [3.8, 4) is 0 Å². The topological polar surface area (TPSA) is 56.4 Å². The lowest BCUT2D eigenvalue weighted by Gasteiger charge is -2.30. The van der Waals surface area contributed by atoms with Crippen LogP contribution in [0.1, 0.15) is 35.3 Å². The van der Waals surface area contributed by atoms with Crippen molar-refractivity contribution < 1.29 is 9.59 Å². The molecule has 1 aromatic heterocycles. The molecule has 5 rings (SSSR count). The fraction of sp³-hybridized carbons (Fsp3) is 0.212. The second-order valence-corrected chi connectivity index (χ2v) is 10.00. The molecule has 0 fully saturated rings. The van der Waals surface area contributed by atoms with E-state index in [1.165, 1.54) is 10.9 Å². The SMILES string of the molecule is CC(C)N(CC(=O)N(CCc1c[nH]c2ccccc12)Cc1ccccc1)C(=O)c1ccc2ccccc2c1. The largest absolute Gasteiger partial charge is 0.361 e. The summed E-state index contributed by atoms with van der Waals surface area (Å²) in [4.78, 5) is 34.2. The molecule has 2 amide bonds. The van der Waals surface area contributed by atoms with E-state index in [1.807, 2.05) is 110 Å². The van der Waals surface area contributed by atoms with Crippen molar-refractivity contribution in [3.63, 3.8) is 0 Å². The number of nitrogens with zero attached hydrogens (tertiary/aromatic N) is 2. The van der Waals surface area contributed by atoms with Crippen LogP contribution in [-0.4, -0.2) is 45.7 Å². The van der Waals surface area contributed by atoms with Crippen molar-refractivity contribution in [3.05, 3.63) is 120 Å². The van der Waals surface area contributed by atoms with Gasteiger partial charge in [0.1, 0.15) is 6.54 Å². The van der Waals surface area contributed by atoms with Crippen molar-refractivity contribution in [1.29, 1.82) is 0 Å². The molecule has 0 saturated carbocycles. The van der Waals surface area contributed by atoms with E-state index in [0.29, 0.717) is 18.7 Å². The number of carbonyl (C=O) groups is 2. The summed E-state index contributed by atoms with van der Waals surface area (Å²) in [5.41, 5.74) is 3.94. The van der Waals surface area contributed by atoms with Crippen LogP contribution < -0.4 is 0 Å². The van der Waals surface area contributed by atoms with Gasteiger partial charge in [0.15, 0.2) is 0 Å². The second kappa shape index (κ2) is 11.3. The van der Waals surface area contributed by atoms with Crippen LogP contribution in [0.5, 0.6) is 0 Å². The van der Waals surface area contributed by atoms with Crippen molar-refractivity contribution >= 4 is 33.5 Å². The predicted octanol–water partition coefficient (Wildman–Crippen LogP) is 6.44. The van der Waals surface area contributed by atoms with Crippen LogP contribution in [0.15, 0.2) is 103 Å². The molecule has 0 radical (unpaired) electrons. The molecule has 5 heteroatoms. The molecule has 0 aliphatic rings. The number of aromatic amines is 1. The lowest BCUT2D eigenvalue weighted by atomic mass is 10.1. The normalized spacial score (nSPS) is 11.2. The maximum absolute atomic E-state index is 13.8. The van der Waals surface area contributed by atoms with E-state index in [0.717, 1.165) is 28.3 Å². The zero-order valence-electron chi connectivity index (χ0n) is 21.9. The first-order valence-electron chi connectivity index (χ1n) is 13.2. The Hall–Kier alpha value is -4.38. The lowest BCUT2D eigenvalue weighted by molar-refractivity contribution is -0.132. The van der Waals surface area contributed by atoms with Gasteiger partial charge >= 0.3 is 0 Å². The molecule has 0 atom stereocenters. The highest BCUT2D eigenvalue weighted by Gasteiger charge is 2.25. The lowest BCUT2D eigenvalue weighted by Crippen LogP contribution is -2.46. The number of H-pyrrole nitrogens is 1. The van der Waals surface area contributed by atoms with Gasteiger partial charge in [-0.15, -0.1) is 0 Å². The van der Waals surface area contributed by atoms with Crippen molar-refractivity contribution in [2.75, 3.05) is 13.1 Å². The van der Waals surface area contributed by atoms with E-state index in [4.69, 9.17) is 0 Å². The van der Waals surface area contributed by atoms with E-state index < -0.39 is 0 Å². The van der Waals surface area contributed by atoms with Crippen LogP contribution in [0.4, 0.5) is 0 Å². The third-order valence-electron chi connectivity index (χ3n) is 7.08. The number of hydrogen-bond acceptors (Lipinski definition) is 2. The summed E-state index contributed by atoms with van der Waals surface area (Å²) in [6.45, 7) is 5.01. The van der Waals surface area contributed by atoms with Crippen LogP contribution >= 0.6 is 0 Å². The first-order chi connectivity index (χ1) is 18.5. The molecule has 1 heterocycles. The molecule has 5 nitrogen and oxygen atoms in total. The summed E-state index contributed by atoms with van der Waals surface area (Å²) >= 11 is 0. The van der Waals surface area contributed by atoms with Gasteiger partial charge in [-0.05, 0) is 60.4 Å². The number of aromatic nitrogens is 1. The summed E-state index contributed by atoms with van der Waals surface area (Å²) in [5.74, 6) is -0.188. The van der Waals surface area contributed by atoms with Crippen LogP contribution in [-0.2, 0) is 17.8 Å². The van der Waals surface area contributed by atoms with Gasteiger partial charge in [0.05, 0.1) is 0 Å². The maximum atomic E-state index is 13.8. The number of benzene rings is 4. The Labute approximate surface area is 223 Å². The van der Waals surface area contributed by atoms with E-state index in [-0.39, 0.29) is 24.4 Å². The Morgan fingerprint density at radius 2 is 1.53 bits per heavy atom. The highest BCUT2D eigenvalue weighted by Crippen LogP contribution is 2.20. The molecule has 1 N–H and O–H groups in total. The molecule has 0 unspecified atom stereocenters. The number of nitrogens with one attached hydrogen (secondary N) is 1. The number of rotatable bonds is 9. The fourth-order valence-corrected chi connectivity index (χ4v) is 4.91. The second-order valence-electron chi connectivity index (χ2n) is 10.00.